The number of hydrogen-bond donors (Lipinski definition) is 1. The number of fused-ring (bicyclic) bond motifs is 1. The van der Waals surface area contributed by atoms with Gasteiger partial charge in [-0.1, -0.05) is 36.4 Å². The molecular weight excluding hydrogens is 334 g/mol. The zero-order valence-electron chi connectivity index (χ0n) is 14.5. The molecule has 2 aromatic rings. The Morgan fingerprint density at radius 3 is 2.56 bits per heavy atom. The topological polar surface area (TPSA) is 47.6 Å². The number of thioether (sulfide) groups is 1. The first-order valence-electron chi connectivity index (χ1n) is 8.49. The Morgan fingerprint density at radius 2 is 1.80 bits per heavy atom. The van der Waals surface area contributed by atoms with Crippen LogP contribution in [0.3, 0.4) is 0 Å². The molecule has 1 N–H and O–H groups in total. The third-order valence-corrected chi connectivity index (χ3v) is 5.35. The second-order valence-corrected chi connectivity index (χ2v) is 7.40. The lowest BCUT2D eigenvalue weighted by molar-refractivity contribution is -0.120. The van der Waals surface area contributed by atoms with Crippen molar-refractivity contribution in [1.82, 2.24) is 5.32 Å². The maximum atomic E-state index is 12.4. The molecule has 0 aliphatic carbocycles. The molecule has 1 aliphatic rings. The van der Waals surface area contributed by atoms with Crippen molar-refractivity contribution in [2.75, 3.05) is 13.2 Å². The summed E-state index contributed by atoms with van der Waals surface area (Å²) < 4.78 is 11.1. The van der Waals surface area contributed by atoms with Gasteiger partial charge >= 0.3 is 0 Å². The van der Waals surface area contributed by atoms with Gasteiger partial charge in [0, 0.05) is 5.75 Å². The second-order valence-electron chi connectivity index (χ2n) is 6.07. The average molecular weight is 357 g/mol. The highest BCUT2D eigenvalue weighted by atomic mass is 32.2. The minimum Gasteiger partial charge on any atom is -0.486 e. The monoisotopic (exact) mass is 357 g/mol. The summed E-state index contributed by atoms with van der Waals surface area (Å²) in [5.41, 5.74) is 2.24. The lowest BCUT2D eigenvalue weighted by atomic mass is 10.1. The number of ether oxygens (including phenoxy) is 2. The highest BCUT2D eigenvalue weighted by molar-refractivity contribution is 7.99. The van der Waals surface area contributed by atoms with Crippen molar-refractivity contribution < 1.29 is 14.3 Å². The van der Waals surface area contributed by atoms with Crippen molar-refractivity contribution in [3.8, 4) is 11.5 Å². The SMILES string of the molecule is C[C@H](NC(=O)[C@@H](C)SCc1ccccc1)c1ccc2c(c1)OCCO2. The first-order valence-corrected chi connectivity index (χ1v) is 9.54. The van der Waals surface area contributed by atoms with Crippen LogP contribution >= 0.6 is 11.8 Å². The highest BCUT2D eigenvalue weighted by Crippen LogP contribution is 2.32. The van der Waals surface area contributed by atoms with Gasteiger partial charge in [0.2, 0.25) is 5.91 Å². The molecule has 3 rings (SSSR count). The first-order chi connectivity index (χ1) is 12.1. The number of carbonyl (C=O) groups is 1. The van der Waals surface area contributed by atoms with Crippen LogP contribution in [-0.4, -0.2) is 24.4 Å². The number of amides is 1. The first kappa shape index (κ1) is 17.7. The summed E-state index contributed by atoms with van der Waals surface area (Å²) in [5.74, 6) is 2.38. The molecule has 4 nitrogen and oxygen atoms in total. The van der Waals surface area contributed by atoms with Gasteiger partial charge in [0.05, 0.1) is 11.3 Å². The largest absolute Gasteiger partial charge is 0.486 e. The Labute approximate surface area is 152 Å². The molecule has 0 bridgehead atoms. The van der Waals surface area contributed by atoms with Crippen molar-refractivity contribution in [2.45, 2.75) is 30.9 Å². The minimum absolute atomic E-state index is 0.0447. The van der Waals surface area contributed by atoms with Crippen LogP contribution in [0.5, 0.6) is 11.5 Å². The fourth-order valence-corrected chi connectivity index (χ4v) is 3.47. The number of rotatable bonds is 6. The molecule has 2 atom stereocenters. The van der Waals surface area contributed by atoms with Gasteiger partial charge in [-0.15, -0.1) is 11.8 Å². The van der Waals surface area contributed by atoms with E-state index in [1.165, 1.54) is 5.56 Å². The fourth-order valence-electron chi connectivity index (χ4n) is 2.61. The summed E-state index contributed by atoms with van der Waals surface area (Å²) in [5, 5.41) is 2.97. The summed E-state index contributed by atoms with van der Waals surface area (Å²) in [7, 11) is 0. The molecule has 0 unspecified atom stereocenters. The molecule has 1 aliphatic heterocycles. The van der Waals surface area contributed by atoms with E-state index >= 15 is 0 Å². The zero-order chi connectivity index (χ0) is 17.6. The third kappa shape index (κ3) is 4.69. The molecule has 0 spiro atoms. The van der Waals surface area contributed by atoms with Crippen molar-refractivity contribution in [1.29, 1.82) is 0 Å². The summed E-state index contributed by atoms with van der Waals surface area (Å²) in [6.07, 6.45) is 0. The Balaban J connectivity index is 1.54. The van der Waals surface area contributed by atoms with Gasteiger partial charge in [-0.05, 0) is 37.1 Å². The van der Waals surface area contributed by atoms with E-state index < -0.39 is 0 Å². The molecule has 132 valence electrons. The van der Waals surface area contributed by atoms with Gasteiger partial charge in [-0.25, -0.2) is 0 Å². The van der Waals surface area contributed by atoms with E-state index in [2.05, 4.69) is 17.4 Å². The molecule has 0 fully saturated rings. The quantitative estimate of drug-likeness (QED) is 0.850. The summed E-state index contributed by atoms with van der Waals surface area (Å²) in [4.78, 5) is 12.4. The third-order valence-electron chi connectivity index (χ3n) is 4.14. The van der Waals surface area contributed by atoms with E-state index in [1.54, 1.807) is 11.8 Å². The number of nitrogens with one attached hydrogen (secondary N) is 1. The Hall–Kier alpha value is -2.14. The predicted octanol–water partition coefficient (Wildman–Crippen LogP) is 3.96. The van der Waals surface area contributed by atoms with Crippen molar-refractivity contribution in [3.63, 3.8) is 0 Å². The molecule has 0 aromatic heterocycles. The Morgan fingerprint density at radius 1 is 1.08 bits per heavy atom. The maximum absolute atomic E-state index is 12.4. The van der Waals surface area contributed by atoms with E-state index in [0.29, 0.717) is 13.2 Å². The number of benzene rings is 2. The van der Waals surface area contributed by atoms with E-state index in [-0.39, 0.29) is 17.2 Å². The molecule has 1 heterocycles. The van der Waals surface area contributed by atoms with E-state index in [1.807, 2.05) is 50.2 Å². The summed E-state index contributed by atoms with van der Waals surface area (Å²) >= 11 is 1.64. The summed E-state index contributed by atoms with van der Waals surface area (Å²) in [6.45, 7) is 5.07. The van der Waals surface area contributed by atoms with Gasteiger partial charge < -0.3 is 14.8 Å². The van der Waals surface area contributed by atoms with Crippen LogP contribution in [0.4, 0.5) is 0 Å². The lowest BCUT2D eigenvalue weighted by Crippen LogP contribution is -2.33. The number of hydrogen-bond acceptors (Lipinski definition) is 4. The van der Waals surface area contributed by atoms with Crippen molar-refractivity contribution in [2.24, 2.45) is 0 Å². The molecule has 25 heavy (non-hydrogen) atoms. The minimum atomic E-state index is -0.111. The molecule has 5 heteroatoms. The molecular formula is C20H23NO3S. The standard InChI is InChI=1S/C20H23NO3S/c1-14(17-8-9-18-19(12-17)24-11-10-23-18)21-20(22)15(2)25-13-16-6-4-3-5-7-16/h3-9,12,14-15H,10-11,13H2,1-2H3,(H,21,22)/t14-,15+/m0/s1. The molecule has 2 aromatic carbocycles. The van der Waals surface area contributed by atoms with Crippen molar-refractivity contribution >= 4 is 17.7 Å². The van der Waals surface area contributed by atoms with Gasteiger partial charge in [0.25, 0.3) is 0 Å². The Bertz CT molecular complexity index is 720. The van der Waals surface area contributed by atoms with Crippen LogP contribution in [0, 0.1) is 0 Å². The van der Waals surface area contributed by atoms with Crippen LogP contribution in [0.15, 0.2) is 48.5 Å². The average Bonchev–Trinajstić information content (AvgIpc) is 2.66. The highest BCUT2D eigenvalue weighted by Gasteiger charge is 2.19. The van der Waals surface area contributed by atoms with Crippen LogP contribution in [0.2, 0.25) is 0 Å². The second kappa shape index (κ2) is 8.30. The van der Waals surface area contributed by atoms with Gasteiger partial charge in [-0.2, -0.15) is 0 Å². The van der Waals surface area contributed by atoms with Crippen LogP contribution < -0.4 is 14.8 Å². The number of carbonyl (C=O) groups excluding carboxylic acids is 1. The molecule has 0 saturated heterocycles. The van der Waals surface area contributed by atoms with Crippen molar-refractivity contribution in [3.05, 3.63) is 59.7 Å². The van der Waals surface area contributed by atoms with Crippen LogP contribution in [-0.2, 0) is 10.5 Å². The molecule has 1 amide bonds. The lowest BCUT2D eigenvalue weighted by Gasteiger charge is -2.22. The van der Waals surface area contributed by atoms with E-state index in [9.17, 15) is 4.79 Å². The zero-order valence-corrected chi connectivity index (χ0v) is 15.3. The van der Waals surface area contributed by atoms with Crippen LogP contribution in [0.25, 0.3) is 0 Å². The van der Waals surface area contributed by atoms with Crippen LogP contribution in [0.1, 0.15) is 31.0 Å². The van der Waals surface area contributed by atoms with E-state index in [4.69, 9.17) is 9.47 Å². The normalized spacial score (nSPS) is 15.3. The van der Waals surface area contributed by atoms with E-state index in [0.717, 1.165) is 22.8 Å². The van der Waals surface area contributed by atoms with Gasteiger partial charge in [-0.3, -0.25) is 4.79 Å². The molecule has 0 saturated carbocycles. The molecule has 0 radical (unpaired) electrons. The fraction of sp³-hybridized carbons (Fsp3) is 0.350. The predicted molar refractivity (Wildman–Crippen MR) is 101 cm³/mol. The smallest absolute Gasteiger partial charge is 0.233 e. The van der Waals surface area contributed by atoms with Gasteiger partial charge in [0.1, 0.15) is 13.2 Å². The Kier molecular flexibility index (Phi) is 5.87. The van der Waals surface area contributed by atoms with Gasteiger partial charge in [0.15, 0.2) is 11.5 Å². The maximum Gasteiger partial charge on any atom is 0.233 e. The summed E-state index contributed by atoms with van der Waals surface area (Å²) in [6, 6.07) is 15.9.